The minimum atomic E-state index is -0.194. The van der Waals surface area contributed by atoms with Crippen LogP contribution >= 0.6 is 11.3 Å². The maximum Gasteiger partial charge on any atom is 0.321 e. The Morgan fingerprint density at radius 2 is 2.06 bits per heavy atom. The van der Waals surface area contributed by atoms with Gasteiger partial charge in [-0.05, 0) is 12.8 Å². The van der Waals surface area contributed by atoms with Crippen LogP contribution in [0.25, 0.3) is 0 Å². The summed E-state index contributed by atoms with van der Waals surface area (Å²) in [6.07, 6.45) is 5.26. The lowest BCUT2D eigenvalue weighted by Gasteiger charge is -2.03. The number of rotatable bonds is 7. The van der Waals surface area contributed by atoms with Gasteiger partial charge in [0.25, 0.3) is 0 Å². The number of nitrogens with one attached hydrogen (secondary N) is 2. The molecule has 17 heavy (non-hydrogen) atoms. The molecule has 1 aromatic rings. The average molecular weight is 256 g/mol. The molecular formula is C11H20N4OS. The van der Waals surface area contributed by atoms with E-state index in [1.165, 1.54) is 11.3 Å². The van der Waals surface area contributed by atoms with Gasteiger partial charge in [0.1, 0.15) is 5.01 Å². The fourth-order valence-corrected chi connectivity index (χ4v) is 2.17. The average Bonchev–Trinajstić information content (AvgIpc) is 2.73. The number of nitrogens with zero attached hydrogens (tertiary/aromatic N) is 2. The van der Waals surface area contributed by atoms with Crippen molar-refractivity contribution in [2.24, 2.45) is 0 Å². The Bertz CT molecular complexity index is 340. The van der Waals surface area contributed by atoms with E-state index in [1.807, 2.05) is 0 Å². The van der Waals surface area contributed by atoms with E-state index in [2.05, 4.69) is 34.7 Å². The predicted molar refractivity (Wildman–Crippen MR) is 70.5 cm³/mol. The molecule has 2 amide bonds. The highest BCUT2D eigenvalue weighted by molar-refractivity contribution is 7.15. The van der Waals surface area contributed by atoms with Crippen molar-refractivity contribution in [2.45, 2.75) is 46.0 Å². The normalized spacial score (nSPS) is 10.2. The highest BCUT2D eigenvalue weighted by Gasteiger charge is 2.06. The lowest BCUT2D eigenvalue weighted by atomic mass is 10.2. The lowest BCUT2D eigenvalue weighted by Crippen LogP contribution is -2.29. The van der Waals surface area contributed by atoms with Gasteiger partial charge in [-0.15, -0.1) is 10.2 Å². The molecule has 6 heteroatoms. The summed E-state index contributed by atoms with van der Waals surface area (Å²) >= 11 is 1.44. The van der Waals surface area contributed by atoms with Gasteiger partial charge in [0.15, 0.2) is 0 Å². The molecule has 0 saturated carbocycles. The Kier molecular flexibility index (Phi) is 6.54. The van der Waals surface area contributed by atoms with Crippen LogP contribution in [0.1, 0.15) is 44.5 Å². The molecule has 0 saturated heterocycles. The van der Waals surface area contributed by atoms with Crippen LogP contribution in [0.4, 0.5) is 9.93 Å². The first-order chi connectivity index (χ1) is 8.26. The molecule has 2 N–H and O–H groups in total. The predicted octanol–water partition coefficient (Wildman–Crippen LogP) is 2.80. The van der Waals surface area contributed by atoms with Gasteiger partial charge in [0, 0.05) is 13.0 Å². The van der Waals surface area contributed by atoms with Crippen LogP contribution in [0.15, 0.2) is 0 Å². The quantitative estimate of drug-likeness (QED) is 0.737. The van der Waals surface area contributed by atoms with E-state index in [0.717, 1.165) is 37.1 Å². The molecular weight excluding hydrogens is 236 g/mol. The van der Waals surface area contributed by atoms with Gasteiger partial charge in [-0.1, -0.05) is 38.0 Å². The van der Waals surface area contributed by atoms with Crippen molar-refractivity contribution in [3.8, 4) is 0 Å². The minimum Gasteiger partial charge on any atom is -0.338 e. The molecule has 1 heterocycles. The molecule has 96 valence electrons. The van der Waals surface area contributed by atoms with Gasteiger partial charge in [-0.25, -0.2) is 4.79 Å². The highest BCUT2D eigenvalue weighted by atomic mass is 32.1. The molecule has 0 bridgehead atoms. The van der Waals surface area contributed by atoms with Crippen molar-refractivity contribution in [3.63, 3.8) is 0 Å². The lowest BCUT2D eigenvalue weighted by molar-refractivity contribution is 0.252. The SMILES string of the molecule is CCCCCNC(=O)Nc1nnc(CCC)s1. The number of anilines is 1. The zero-order chi connectivity index (χ0) is 12.5. The standard InChI is InChI=1S/C11H20N4OS/c1-3-5-6-8-12-10(16)13-11-15-14-9(17-11)7-4-2/h3-8H2,1-2H3,(H2,12,13,15,16). The molecule has 0 aromatic carbocycles. The fraction of sp³-hybridized carbons (Fsp3) is 0.727. The van der Waals surface area contributed by atoms with Crippen LogP contribution in [-0.4, -0.2) is 22.8 Å². The molecule has 0 unspecified atom stereocenters. The summed E-state index contributed by atoms with van der Waals surface area (Å²) in [4.78, 5) is 11.5. The molecule has 0 radical (unpaired) electrons. The van der Waals surface area contributed by atoms with Gasteiger partial charge in [-0.2, -0.15) is 0 Å². The summed E-state index contributed by atoms with van der Waals surface area (Å²) in [5, 5.41) is 14.9. The number of aromatic nitrogens is 2. The smallest absolute Gasteiger partial charge is 0.321 e. The topological polar surface area (TPSA) is 66.9 Å². The Morgan fingerprint density at radius 1 is 1.24 bits per heavy atom. The van der Waals surface area contributed by atoms with Crippen LogP contribution in [0.2, 0.25) is 0 Å². The Morgan fingerprint density at radius 3 is 2.76 bits per heavy atom. The zero-order valence-corrected chi connectivity index (χ0v) is 11.3. The van der Waals surface area contributed by atoms with Crippen molar-refractivity contribution in [3.05, 3.63) is 5.01 Å². The second-order valence-electron chi connectivity index (χ2n) is 3.84. The number of unbranched alkanes of at least 4 members (excludes halogenated alkanes) is 2. The summed E-state index contributed by atoms with van der Waals surface area (Å²) in [7, 11) is 0. The van der Waals surface area contributed by atoms with Crippen molar-refractivity contribution < 1.29 is 4.79 Å². The third-order valence-corrected chi connectivity index (χ3v) is 3.12. The second kappa shape index (κ2) is 8.00. The second-order valence-corrected chi connectivity index (χ2v) is 4.90. The number of carbonyl (C=O) groups is 1. The Hall–Kier alpha value is -1.17. The first kappa shape index (κ1) is 13.9. The molecule has 0 aliphatic heterocycles. The number of hydrogen-bond donors (Lipinski definition) is 2. The van der Waals surface area contributed by atoms with Crippen LogP contribution in [0.5, 0.6) is 0 Å². The highest BCUT2D eigenvalue weighted by Crippen LogP contribution is 2.16. The first-order valence-electron chi connectivity index (χ1n) is 6.13. The molecule has 0 spiro atoms. The van der Waals surface area contributed by atoms with Crippen LogP contribution < -0.4 is 10.6 Å². The van der Waals surface area contributed by atoms with E-state index in [-0.39, 0.29) is 6.03 Å². The fourth-order valence-electron chi connectivity index (χ4n) is 1.34. The van der Waals surface area contributed by atoms with Crippen molar-refractivity contribution in [1.29, 1.82) is 0 Å². The maximum atomic E-state index is 11.5. The summed E-state index contributed by atoms with van der Waals surface area (Å²) in [5.41, 5.74) is 0. The van der Waals surface area contributed by atoms with E-state index >= 15 is 0 Å². The van der Waals surface area contributed by atoms with E-state index in [9.17, 15) is 4.79 Å². The van der Waals surface area contributed by atoms with Crippen LogP contribution in [0.3, 0.4) is 0 Å². The third kappa shape index (κ3) is 5.63. The number of amides is 2. The van der Waals surface area contributed by atoms with Gasteiger partial charge < -0.3 is 5.32 Å². The number of hydrogen-bond acceptors (Lipinski definition) is 4. The van der Waals surface area contributed by atoms with E-state index in [1.54, 1.807) is 0 Å². The minimum absolute atomic E-state index is 0.194. The van der Waals surface area contributed by atoms with Crippen LogP contribution in [0, 0.1) is 0 Å². The van der Waals surface area contributed by atoms with Gasteiger partial charge in [0.2, 0.25) is 5.13 Å². The van der Waals surface area contributed by atoms with E-state index < -0.39 is 0 Å². The molecule has 0 fully saturated rings. The number of aryl methyl sites for hydroxylation is 1. The molecule has 1 aromatic heterocycles. The summed E-state index contributed by atoms with van der Waals surface area (Å²) in [5.74, 6) is 0. The van der Waals surface area contributed by atoms with Crippen molar-refractivity contribution in [1.82, 2.24) is 15.5 Å². The first-order valence-corrected chi connectivity index (χ1v) is 6.95. The van der Waals surface area contributed by atoms with E-state index in [0.29, 0.717) is 11.7 Å². The molecule has 0 aliphatic carbocycles. The number of carbonyl (C=O) groups excluding carboxylic acids is 1. The van der Waals surface area contributed by atoms with Gasteiger partial charge >= 0.3 is 6.03 Å². The zero-order valence-electron chi connectivity index (χ0n) is 10.5. The Balaban J connectivity index is 2.24. The van der Waals surface area contributed by atoms with E-state index in [4.69, 9.17) is 0 Å². The summed E-state index contributed by atoms with van der Waals surface area (Å²) in [6, 6.07) is -0.194. The number of urea groups is 1. The van der Waals surface area contributed by atoms with Crippen molar-refractivity contribution >= 4 is 22.5 Å². The third-order valence-electron chi connectivity index (χ3n) is 2.22. The molecule has 0 aliphatic rings. The van der Waals surface area contributed by atoms with Gasteiger partial charge in [-0.3, -0.25) is 5.32 Å². The van der Waals surface area contributed by atoms with Crippen LogP contribution in [-0.2, 0) is 6.42 Å². The van der Waals surface area contributed by atoms with Crippen molar-refractivity contribution in [2.75, 3.05) is 11.9 Å². The molecule has 5 nitrogen and oxygen atoms in total. The summed E-state index contributed by atoms with van der Waals surface area (Å²) in [6.45, 7) is 4.94. The summed E-state index contributed by atoms with van der Waals surface area (Å²) < 4.78 is 0. The largest absolute Gasteiger partial charge is 0.338 e. The maximum absolute atomic E-state index is 11.5. The molecule has 0 atom stereocenters. The monoisotopic (exact) mass is 256 g/mol. The van der Waals surface area contributed by atoms with Gasteiger partial charge in [0.05, 0.1) is 0 Å². The Labute approximate surface area is 106 Å². The molecule has 1 rings (SSSR count).